The molecule has 0 bridgehead atoms. The van der Waals surface area contributed by atoms with Crippen LogP contribution < -0.4 is 5.32 Å². The van der Waals surface area contributed by atoms with Crippen LogP contribution in [0.2, 0.25) is 0 Å². The highest BCUT2D eigenvalue weighted by atomic mass is 16.4. The van der Waals surface area contributed by atoms with Gasteiger partial charge >= 0.3 is 5.97 Å². The second-order valence-corrected chi connectivity index (χ2v) is 3.20. The molecule has 0 amide bonds. The first-order chi connectivity index (χ1) is 8.27. The fraction of sp³-hybridized carbons (Fsp3) is 0. The number of hydrogen-bond acceptors (Lipinski definition) is 3. The molecule has 86 valence electrons. The molecule has 0 radical (unpaired) electrons. The van der Waals surface area contributed by atoms with Crippen LogP contribution in [0, 0.1) is 0 Å². The number of furan rings is 1. The van der Waals surface area contributed by atoms with Gasteiger partial charge in [0.2, 0.25) is 5.88 Å². The Morgan fingerprint density at radius 1 is 1.29 bits per heavy atom. The van der Waals surface area contributed by atoms with Gasteiger partial charge in [-0.2, -0.15) is 0 Å². The van der Waals surface area contributed by atoms with Crippen molar-refractivity contribution < 1.29 is 14.3 Å². The molecule has 5 heteroatoms. The van der Waals surface area contributed by atoms with E-state index < -0.39 is 5.97 Å². The van der Waals surface area contributed by atoms with E-state index in [-0.39, 0.29) is 5.56 Å². The van der Waals surface area contributed by atoms with Gasteiger partial charge in [0.15, 0.2) is 0 Å². The quantitative estimate of drug-likeness (QED) is 0.625. The third-order valence-corrected chi connectivity index (χ3v) is 2.08. The first-order valence-corrected chi connectivity index (χ1v) is 4.92. The van der Waals surface area contributed by atoms with Gasteiger partial charge < -0.3 is 14.8 Å². The number of nitrogens with one attached hydrogen (secondary N) is 1. The molecule has 0 spiro atoms. The zero-order chi connectivity index (χ0) is 12.1. The molecule has 1 aromatic carbocycles. The number of carbonyl (C=O) groups is 1. The molecular weight excluding hydrogens is 220 g/mol. The van der Waals surface area contributed by atoms with Gasteiger partial charge in [-0.05, 0) is 18.2 Å². The summed E-state index contributed by atoms with van der Waals surface area (Å²) in [5, 5.41) is 11.7. The lowest BCUT2D eigenvalue weighted by Gasteiger charge is -2.03. The number of aliphatic imine (C=N–C) groups is 1. The zero-order valence-corrected chi connectivity index (χ0v) is 8.83. The summed E-state index contributed by atoms with van der Waals surface area (Å²) in [6.07, 6.45) is 2.90. The maximum absolute atomic E-state index is 10.9. The Balaban J connectivity index is 2.11. The average molecular weight is 230 g/mol. The number of carboxylic acid groups (broad SMARTS) is 1. The molecular formula is C12H10N2O3. The van der Waals surface area contributed by atoms with Crippen molar-refractivity contribution in [2.24, 2.45) is 4.99 Å². The highest BCUT2D eigenvalue weighted by Gasteiger charge is 2.06. The molecule has 0 saturated heterocycles. The third-order valence-electron chi connectivity index (χ3n) is 2.08. The van der Waals surface area contributed by atoms with E-state index in [4.69, 9.17) is 9.52 Å². The molecule has 0 aliphatic carbocycles. The first kappa shape index (κ1) is 10.9. The second kappa shape index (κ2) is 4.98. The lowest BCUT2D eigenvalue weighted by atomic mass is 10.2. The summed E-state index contributed by atoms with van der Waals surface area (Å²) < 4.78 is 4.99. The molecule has 2 rings (SSSR count). The summed E-state index contributed by atoms with van der Waals surface area (Å²) in [4.78, 5) is 14.9. The largest absolute Gasteiger partial charge is 0.478 e. The van der Waals surface area contributed by atoms with E-state index in [0.29, 0.717) is 11.6 Å². The molecule has 0 atom stereocenters. The van der Waals surface area contributed by atoms with E-state index in [1.807, 2.05) is 0 Å². The number of benzene rings is 1. The van der Waals surface area contributed by atoms with Gasteiger partial charge in [0, 0.05) is 6.07 Å². The number of nitrogens with zero attached hydrogens (tertiary/aromatic N) is 1. The van der Waals surface area contributed by atoms with Gasteiger partial charge in [-0.1, -0.05) is 12.1 Å². The van der Waals surface area contributed by atoms with Crippen molar-refractivity contribution >= 4 is 23.9 Å². The highest BCUT2D eigenvalue weighted by Crippen LogP contribution is 2.15. The van der Waals surface area contributed by atoms with Crippen LogP contribution >= 0.6 is 0 Å². The monoisotopic (exact) mass is 230 g/mol. The molecule has 0 fully saturated rings. The topological polar surface area (TPSA) is 74.8 Å². The fourth-order valence-electron chi connectivity index (χ4n) is 1.30. The number of rotatable bonds is 4. The number of aromatic carboxylic acids is 1. The molecule has 2 aromatic rings. The number of anilines is 1. The smallest absolute Gasteiger partial charge is 0.337 e. The maximum atomic E-state index is 10.9. The van der Waals surface area contributed by atoms with E-state index in [2.05, 4.69) is 10.3 Å². The second-order valence-electron chi connectivity index (χ2n) is 3.20. The van der Waals surface area contributed by atoms with Crippen molar-refractivity contribution in [2.45, 2.75) is 0 Å². The maximum Gasteiger partial charge on any atom is 0.337 e. The Labute approximate surface area is 97.4 Å². The lowest BCUT2D eigenvalue weighted by molar-refractivity contribution is 0.0698. The number of hydrogen-bond donors (Lipinski definition) is 2. The van der Waals surface area contributed by atoms with Crippen molar-refractivity contribution in [3.05, 3.63) is 48.2 Å². The van der Waals surface area contributed by atoms with Crippen LogP contribution in [0.1, 0.15) is 10.4 Å². The summed E-state index contributed by atoms with van der Waals surface area (Å²) >= 11 is 0. The predicted molar refractivity (Wildman–Crippen MR) is 63.9 cm³/mol. The predicted octanol–water partition coefficient (Wildman–Crippen LogP) is 2.75. The van der Waals surface area contributed by atoms with Gasteiger partial charge in [-0.15, -0.1) is 0 Å². The Bertz CT molecular complexity index is 532. The Kier molecular flexibility index (Phi) is 3.20. The summed E-state index contributed by atoms with van der Waals surface area (Å²) in [6.45, 7) is 0. The Morgan fingerprint density at radius 3 is 2.82 bits per heavy atom. The standard InChI is InChI=1S/C12H10N2O3/c15-12(16)9-4-1-2-5-10(9)13-8-14-11-6-3-7-17-11/h1-8H,(H,13,14)(H,15,16). The highest BCUT2D eigenvalue weighted by molar-refractivity contribution is 5.97. The van der Waals surface area contributed by atoms with Gasteiger partial charge in [0.1, 0.15) is 0 Å². The summed E-state index contributed by atoms with van der Waals surface area (Å²) in [7, 11) is 0. The van der Waals surface area contributed by atoms with Crippen LogP contribution in [0.5, 0.6) is 0 Å². The van der Waals surface area contributed by atoms with Gasteiger partial charge in [-0.3, -0.25) is 0 Å². The van der Waals surface area contributed by atoms with Crippen molar-refractivity contribution in [1.82, 2.24) is 0 Å². The third kappa shape index (κ3) is 2.72. The van der Waals surface area contributed by atoms with Crippen molar-refractivity contribution in [3.63, 3.8) is 0 Å². The molecule has 0 aliphatic heterocycles. The van der Waals surface area contributed by atoms with E-state index in [0.717, 1.165) is 0 Å². The summed E-state index contributed by atoms with van der Waals surface area (Å²) in [5.41, 5.74) is 0.675. The van der Waals surface area contributed by atoms with Gasteiger partial charge in [0.25, 0.3) is 0 Å². The van der Waals surface area contributed by atoms with Crippen LogP contribution in [0.3, 0.4) is 0 Å². The fourth-order valence-corrected chi connectivity index (χ4v) is 1.30. The average Bonchev–Trinajstić information content (AvgIpc) is 2.82. The van der Waals surface area contributed by atoms with Crippen LogP contribution in [0.15, 0.2) is 52.1 Å². The van der Waals surface area contributed by atoms with E-state index in [1.165, 1.54) is 18.7 Å². The van der Waals surface area contributed by atoms with E-state index in [9.17, 15) is 4.79 Å². The first-order valence-electron chi connectivity index (χ1n) is 4.92. The molecule has 1 aromatic heterocycles. The van der Waals surface area contributed by atoms with Gasteiger partial charge in [0.05, 0.1) is 23.9 Å². The van der Waals surface area contributed by atoms with Crippen LogP contribution in [-0.4, -0.2) is 17.4 Å². The lowest BCUT2D eigenvalue weighted by Crippen LogP contribution is -2.04. The van der Waals surface area contributed by atoms with Crippen molar-refractivity contribution in [2.75, 3.05) is 5.32 Å². The SMILES string of the molecule is O=C(O)c1ccccc1NC=Nc1ccco1. The van der Waals surface area contributed by atoms with Crippen LogP contribution in [-0.2, 0) is 0 Å². The minimum atomic E-state index is -0.987. The molecule has 0 unspecified atom stereocenters. The molecule has 2 N–H and O–H groups in total. The van der Waals surface area contributed by atoms with Gasteiger partial charge in [-0.25, -0.2) is 9.79 Å². The number of para-hydroxylation sites is 1. The normalized spacial score (nSPS) is 10.6. The Morgan fingerprint density at radius 2 is 2.12 bits per heavy atom. The summed E-state index contributed by atoms with van der Waals surface area (Å²) in [6, 6.07) is 10.0. The molecule has 1 heterocycles. The number of carboxylic acids is 1. The van der Waals surface area contributed by atoms with Crippen LogP contribution in [0.4, 0.5) is 11.6 Å². The van der Waals surface area contributed by atoms with Crippen molar-refractivity contribution in [3.8, 4) is 0 Å². The molecule has 0 aliphatic rings. The van der Waals surface area contributed by atoms with E-state index >= 15 is 0 Å². The summed E-state index contributed by atoms with van der Waals surface area (Å²) in [5.74, 6) is -0.537. The molecule has 0 saturated carbocycles. The molecule has 5 nitrogen and oxygen atoms in total. The Hall–Kier alpha value is -2.56. The molecule has 17 heavy (non-hydrogen) atoms. The zero-order valence-electron chi connectivity index (χ0n) is 8.83. The van der Waals surface area contributed by atoms with E-state index in [1.54, 1.807) is 30.3 Å². The van der Waals surface area contributed by atoms with Crippen molar-refractivity contribution in [1.29, 1.82) is 0 Å². The minimum Gasteiger partial charge on any atom is -0.478 e. The van der Waals surface area contributed by atoms with Crippen LogP contribution in [0.25, 0.3) is 0 Å². The minimum absolute atomic E-state index is 0.193.